The summed E-state index contributed by atoms with van der Waals surface area (Å²) in [6.45, 7) is 5.43. The number of aryl methyl sites for hydroxylation is 1. The molecule has 1 aliphatic rings. The maximum Gasteiger partial charge on any atom is 0.313 e. The van der Waals surface area contributed by atoms with Gasteiger partial charge < -0.3 is 9.47 Å². The average Bonchev–Trinajstić information content (AvgIpc) is 3.03. The summed E-state index contributed by atoms with van der Waals surface area (Å²) in [6.07, 6.45) is 9.62. The number of esters is 1. The molecule has 1 atom stereocenters. The number of aromatic nitrogens is 1. The fraction of sp³-hybridized carbons (Fsp3) is 0.571. The van der Waals surface area contributed by atoms with Gasteiger partial charge in [-0.05, 0) is 45.6 Å². The second-order valence-corrected chi connectivity index (χ2v) is 7.83. The number of hydrogen-bond acceptors (Lipinski definition) is 6. The zero-order valence-electron chi connectivity index (χ0n) is 16.2. The molecule has 0 radical (unpaired) electrons. The molecule has 0 bridgehead atoms. The lowest BCUT2D eigenvalue weighted by atomic mass is 9.92. The Hall–Kier alpha value is -1.79. The summed E-state index contributed by atoms with van der Waals surface area (Å²) in [6, 6.07) is 0. The molecule has 6 heteroatoms. The van der Waals surface area contributed by atoms with E-state index >= 15 is 0 Å². The van der Waals surface area contributed by atoms with Gasteiger partial charge in [0.25, 0.3) is 0 Å². The largest absolute Gasteiger partial charge is 0.465 e. The zero-order valence-corrected chi connectivity index (χ0v) is 17.1. The Balaban J connectivity index is 2.07. The van der Waals surface area contributed by atoms with Gasteiger partial charge in [-0.1, -0.05) is 17.7 Å². The van der Waals surface area contributed by atoms with Gasteiger partial charge in [-0.25, -0.2) is 4.98 Å². The van der Waals surface area contributed by atoms with Crippen LogP contribution in [0, 0.1) is 12.8 Å². The summed E-state index contributed by atoms with van der Waals surface area (Å²) in [4.78, 5) is 29.2. The van der Waals surface area contributed by atoms with E-state index in [2.05, 4.69) is 4.98 Å². The van der Waals surface area contributed by atoms with E-state index in [1.807, 2.05) is 37.5 Å². The van der Waals surface area contributed by atoms with Crippen LogP contribution in [0.25, 0.3) is 6.08 Å². The van der Waals surface area contributed by atoms with Crippen LogP contribution in [-0.4, -0.2) is 36.6 Å². The van der Waals surface area contributed by atoms with Gasteiger partial charge in [0.15, 0.2) is 0 Å². The molecule has 0 N–H and O–H groups in total. The lowest BCUT2D eigenvalue weighted by molar-refractivity contribution is -0.147. The monoisotopic (exact) mass is 391 g/mol. The van der Waals surface area contributed by atoms with E-state index in [0.29, 0.717) is 45.5 Å². The maximum atomic E-state index is 12.6. The van der Waals surface area contributed by atoms with Crippen LogP contribution in [0.2, 0.25) is 0 Å². The normalized spacial score (nSPS) is 23.0. The molecule has 0 spiro atoms. The number of carbonyl (C=O) groups is 2. The topological polar surface area (TPSA) is 65.5 Å². The van der Waals surface area contributed by atoms with Crippen molar-refractivity contribution in [1.82, 2.24) is 4.98 Å². The molecular formula is C21H29NO4S. The van der Waals surface area contributed by atoms with Gasteiger partial charge in [-0.2, -0.15) is 0 Å². The molecule has 0 amide bonds. The third-order valence-corrected chi connectivity index (χ3v) is 5.25. The first-order valence-corrected chi connectivity index (χ1v) is 10.5. The number of hydrogen-bond donors (Lipinski definition) is 0. The molecule has 0 aliphatic carbocycles. The third kappa shape index (κ3) is 8.18. The van der Waals surface area contributed by atoms with Crippen molar-refractivity contribution in [2.75, 3.05) is 19.8 Å². The van der Waals surface area contributed by atoms with E-state index in [4.69, 9.17) is 9.47 Å². The standard InChI is InChI=1S/C21H29NO4S/c1-16(14-18-15-27-17(2)22-18)20-10-9-19(23)8-4-7-12-25-11-5-3-6-13-26-21(20)24/h3,5,14-15,20H,4,6-13H2,1-2H3/b5-3+,16-14?. The number of rotatable bonds is 2. The molecule has 2 heterocycles. The fourth-order valence-corrected chi connectivity index (χ4v) is 3.50. The Labute approximate surface area is 165 Å². The second kappa shape index (κ2) is 11.8. The van der Waals surface area contributed by atoms with Crippen molar-refractivity contribution in [2.24, 2.45) is 5.92 Å². The zero-order chi connectivity index (χ0) is 19.5. The SMILES string of the molecule is CC(=Cc1csc(C)n1)C1CCC(=O)CCCCOC/C=C/CCOC1=O. The van der Waals surface area contributed by atoms with E-state index in [9.17, 15) is 9.59 Å². The van der Waals surface area contributed by atoms with Crippen LogP contribution in [0.3, 0.4) is 0 Å². The van der Waals surface area contributed by atoms with Crippen LogP contribution in [0.4, 0.5) is 0 Å². The number of ether oxygens (including phenoxy) is 2. The molecule has 5 nitrogen and oxygen atoms in total. The summed E-state index contributed by atoms with van der Waals surface area (Å²) in [5.41, 5.74) is 1.74. The second-order valence-electron chi connectivity index (χ2n) is 6.77. The number of nitrogens with zero attached hydrogens (tertiary/aromatic N) is 1. The summed E-state index contributed by atoms with van der Waals surface area (Å²) in [7, 11) is 0. The molecular weight excluding hydrogens is 362 g/mol. The van der Waals surface area contributed by atoms with Gasteiger partial charge in [0.05, 0.1) is 29.8 Å². The molecule has 1 unspecified atom stereocenters. The molecule has 27 heavy (non-hydrogen) atoms. The molecule has 0 fully saturated rings. The Morgan fingerprint density at radius 1 is 1.22 bits per heavy atom. The first-order chi connectivity index (χ1) is 13.1. The number of cyclic esters (lactones) is 1. The van der Waals surface area contributed by atoms with E-state index in [0.717, 1.165) is 29.1 Å². The summed E-state index contributed by atoms with van der Waals surface area (Å²) >= 11 is 1.58. The van der Waals surface area contributed by atoms with E-state index in [-0.39, 0.29) is 11.8 Å². The van der Waals surface area contributed by atoms with E-state index in [1.165, 1.54) is 0 Å². The van der Waals surface area contributed by atoms with Crippen LogP contribution in [0.5, 0.6) is 0 Å². The fourth-order valence-electron chi connectivity index (χ4n) is 2.93. The molecule has 2 rings (SSSR count). The summed E-state index contributed by atoms with van der Waals surface area (Å²) in [5.74, 6) is -0.478. The summed E-state index contributed by atoms with van der Waals surface area (Å²) < 4.78 is 10.9. The van der Waals surface area contributed by atoms with Crippen LogP contribution < -0.4 is 0 Å². The van der Waals surface area contributed by atoms with Gasteiger partial charge >= 0.3 is 5.97 Å². The first-order valence-electron chi connectivity index (χ1n) is 9.57. The molecule has 0 saturated carbocycles. The van der Waals surface area contributed by atoms with Crippen molar-refractivity contribution in [3.05, 3.63) is 33.8 Å². The quantitative estimate of drug-likeness (QED) is 0.548. The average molecular weight is 392 g/mol. The minimum Gasteiger partial charge on any atom is -0.465 e. The van der Waals surface area contributed by atoms with Crippen LogP contribution >= 0.6 is 11.3 Å². The molecule has 0 aromatic carbocycles. The smallest absolute Gasteiger partial charge is 0.313 e. The van der Waals surface area contributed by atoms with Crippen molar-refractivity contribution in [2.45, 2.75) is 52.4 Å². The van der Waals surface area contributed by atoms with Gasteiger partial charge in [-0.3, -0.25) is 9.59 Å². The number of ketones is 1. The third-order valence-electron chi connectivity index (χ3n) is 4.46. The van der Waals surface area contributed by atoms with Gasteiger partial charge in [0.2, 0.25) is 0 Å². The van der Waals surface area contributed by atoms with Crippen LogP contribution in [-0.2, 0) is 19.1 Å². The lowest BCUT2D eigenvalue weighted by Crippen LogP contribution is -2.20. The predicted molar refractivity (Wildman–Crippen MR) is 108 cm³/mol. The number of thiazole rings is 1. The maximum absolute atomic E-state index is 12.6. The molecule has 1 aliphatic heterocycles. The first kappa shape index (κ1) is 21.5. The molecule has 0 saturated heterocycles. The molecule has 1 aromatic heterocycles. The Bertz CT molecular complexity index is 677. The van der Waals surface area contributed by atoms with Crippen molar-refractivity contribution in [3.8, 4) is 0 Å². The van der Waals surface area contributed by atoms with Gasteiger partial charge in [-0.15, -0.1) is 11.3 Å². The number of carbonyl (C=O) groups excluding carboxylic acids is 2. The lowest BCUT2D eigenvalue weighted by Gasteiger charge is -2.16. The molecule has 1 aromatic rings. The highest BCUT2D eigenvalue weighted by Crippen LogP contribution is 2.23. The highest BCUT2D eigenvalue weighted by Gasteiger charge is 2.23. The van der Waals surface area contributed by atoms with Crippen LogP contribution in [0.15, 0.2) is 23.1 Å². The van der Waals surface area contributed by atoms with Crippen molar-refractivity contribution in [3.63, 3.8) is 0 Å². The minimum atomic E-state index is -0.406. The van der Waals surface area contributed by atoms with E-state index < -0.39 is 5.92 Å². The Morgan fingerprint density at radius 2 is 2.07 bits per heavy atom. The highest BCUT2D eigenvalue weighted by atomic mass is 32.1. The predicted octanol–water partition coefficient (Wildman–Crippen LogP) is 4.51. The van der Waals surface area contributed by atoms with Gasteiger partial charge in [0.1, 0.15) is 5.78 Å². The highest BCUT2D eigenvalue weighted by molar-refractivity contribution is 7.09. The Kier molecular flexibility index (Phi) is 9.42. The molecule has 148 valence electrons. The Morgan fingerprint density at radius 3 is 2.85 bits per heavy atom. The number of Topliss-reactive ketones (excluding diaryl/α,β-unsaturated/α-hetero) is 1. The van der Waals surface area contributed by atoms with Crippen molar-refractivity contribution in [1.29, 1.82) is 0 Å². The summed E-state index contributed by atoms with van der Waals surface area (Å²) in [5, 5.41) is 2.96. The van der Waals surface area contributed by atoms with E-state index in [1.54, 1.807) is 11.3 Å². The minimum absolute atomic E-state index is 0.192. The van der Waals surface area contributed by atoms with Gasteiger partial charge in [0, 0.05) is 24.8 Å². The van der Waals surface area contributed by atoms with Crippen molar-refractivity contribution >= 4 is 29.2 Å². The van der Waals surface area contributed by atoms with Crippen LogP contribution in [0.1, 0.15) is 56.2 Å². The van der Waals surface area contributed by atoms with Crippen molar-refractivity contribution < 1.29 is 19.1 Å².